The zero-order valence-electron chi connectivity index (χ0n) is 16.7. The number of nitrogens with zero attached hydrogens (tertiary/aromatic N) is 3. The number of benzene rings is 1. The molecule has 3 rings (SSSR count). The predicted molar refractivity (Wildman–Crippen MR) is 115 cm³/mol. The van der Waals surface area contributed by atoms with Crippen LogP contribution in [0.1, 0.15) is 36.7 Å². The Labute approximate surface area is 167 Å². The van der Waals surface area contributed by atoms with Crippen LogP contribution >= 0.6 is 0 Å². The highest BCUT2D eigenvalue weighted by molar-refractivity contribution is 5.94. The van der Waals surface area contributed by atoms with Crippen molar-refractivity contribution in [3.05, 3.63) is 73.0 Å². The highest BCUT2D eigenvalue weighted by Crippen LogP contribution is 2.25. The largest absolute Gasteiger partial charge is 0.400 e. The molecule has 5 nitrogen and oxygen atoms in total. The molecule has 2 heterocycles. The molecule has 1 aromatic heterocycles. The fourth-order valence-corrected chi connectivity index (χ4v) is 3.21. The summed E-state index contributed by atoms with van der Waals surface area (Å²) in [6.45, 7) is 7.33. The number of allylic oxidation sites excluding steroid dienone is 5. The van der Waals surface area contributed by atoms with Crippen molar-refractivity contribution in [2.75, 3.05) is 20.2 Å². The number of carbonyl (C=O) groups excluding carboxylic acids is 1. The van der Waals surface area contributed by atoms with Gasteiger partial charge in [-0.1, -0.05) is 55.1 Å². The Morgan fingerprint density at radius 2 is 1.82 bits per heavy atom. The van der Waals surface area contributed by atoms with E-state index in [1.807, 2.05) is 71.1 Å². The molecule has 148 valence electrons. The second kappa shape index (κ2) is 11.0. The van der Waals surface area contributed by atoms with Crippen LogP contribution in [0.25, 0.3) is 17.0 Å². The van der Waals surface area contributed by atoms with Gasteiger partial charge < -0.3 is 10.0 Å². The third-order valence-electron chi connectivity index (χ3n) is 4.58. The van der Waals surface area contributed by atoms with E-state index in [-0.39, 0.29) is 5.91 Å². The van der Waals surface area contributed by atoms with Gasteiger partial charge in [0, 0.05) is 25.8 Å². The number of aliphatic hydroxyl groups is 1. The maximum atomic E-state index is 12.9. The summed E-state index contributed by atoms with van der Waals surface area (Å²) in [6, 6.07) is 11.9. The van der Waals surface area contributed by atoms with Crippen LogP contribution in [0.5, 0.6) is 0 Å². The lowest BCUT2D eigenvalue weighted by Crippen LogP contribution is -2.35. The average Bonchev–Trinajstić information content (AvgIpc) is 3.22. The first-order valence-corrected chi connectivity index (χ1v) is 9.60. The van der Waals surface area contributed by atoms with Crippen LogP contribution in [0.3, 0.4) is 0 Å². The number of hydrogen-bond donors (Lipinski definition) is 1. The number of amides is 1. The molecule has 1 aliphatic rings. The molecule has 0 bridgehead atoms. The van der Waals surface area contributed by atoms with E-state index in [0.717, 1.165) is 50.0 Å². The molecule has 1 amide bonds. The van der Waals surface area contributed by atoms with Crippen LogP contribution in [0.15, 0.2) is 67.3 Å². The van der Waals surface area contributed by atoms with Gasteiger partial charge in [-0.25, -0.2) is 4.68 Å². The number of piperidine rings is 1. The highest BCUT2D eigenvalue weighted by atomic mass is 16.2. The van der Waals surface area contributed by atoms with Gasteiger partial charge in [0.2, 0.25) is 0 Å². The molecule has 28 heavy (non-hydrogen) atoms. The third-order valence-corrected chi connectivity index (χ3v) is 4.58. The summed E-state index contributed by atoms with van der Waals surface area (Å²) in [5.74, 6) is 0.0174. The normalized spacial score (nSPS) is 14.5. The van der Waals surface area contributed by atoms with Gasteiger partial charge in [-0.2, -0.15) is 5.10 Å². The summed E-state index contributed by atoms with van der Waals surface area (Å²) in [6.07, 6.45) is 10.9. The SMILES string of the molecule is C=C/C=C\C(=C/C)n1nc(C(=O)N2CCCCC2)cc1-c1ccccc1.CO. The molecule has 0 spiro atoms. The van der Waals surface area contributed by atoms with Crippen molar-refractivity contribution in [1.82, 2.24) is 14.7 Å². The average molecular weight is 380 g/mol. The zero-order valence-corrected chi connectivity index (χ0v) is 16.7. The number of aromatic nitrogens is 2. The molecule has 2 aromatic rings. The van der Waals surface area contributed by atoms with Crippen LogP contribution < -0.4 is 0 Å². The molecule has 0 radical (unpaired) electrons. The summed E-state index contributed by atoms with van der Waals surface area (Å²) >= 11 is 0. The molecule has 1 N–H and O–H groups in total. The van der Waals surface area contributed by atoms with Crippen molar-refractivity contribution in [3.63, 3.8) is 0 Å². The lowest BCUT2D eigenvalue weighted by Gasteiger charge is -2.25. The quantitative estimate of drug-likeness (QED) is 0.784. The zero-order chi connectivity index (χ0) is 20.4. The molecule has 0 atom stereocenters. The first-order chi connectivity index (χ1) is 13.7. The van der Waals surface area contributed by atoms with Gasteiger partial charge in [0.05, 0.1) is 11.4 Å². The number of carbonyl (C=O) groups is 1. The summed E-state index contributed by atoms with van der Waals surface area (Å²) < 4.78 is 1.84. The molecular weight excluding hydrogens is 350 g/mol. The van der Waals surface area contributed by atoms with E-state index in [1.165, 1.54) is 6.42 Å². The molecule has 1 aliphatic heterocycles. The van der Waals surface area contributed by atoms with Gasteiger partial charge in [0.25, 0.3) is 5.91 Å². The third kappa shape index (κ3) is 5.08. The minimum absolute atomic E-state index is 0.0174. The number of hydrogen-bond acceptors (Lipinski definition) is 3. The molecule has 5 heteroatoms. The Bertz CT molecular complexity index is 829. The van der Waals surface area contributed by atoms with E-state index in [0.29, 0.717) is 5.69 Å². The summed E-state index contributed by atoms with van der Waals surface area (Å²) in [7, 11) is 1.00. The van der Waals surface area contributed by atoms with Gasteiger partial charge in [0.1, 0.15) is 0 Å². The van der Waals surface area contributed by atoms with E-state index >= 15 is 0 Å². The second-order valence-corrected chi connectivity index (χ2v) is 6.35. The second-order valence-electron chi connectivity index (χ2n) is 6.35. The van der Waals surface area contributed by atoms with Crippen molar-refractivity contribution in [3.8, 4) is 11.3 Å². The summed E-state index contributed by atoms with van der Waals surface area (Å²) in [5, 5.41) is 11.7. The standard InChI is InChI=1S/C22H25N3O.CH4O/c1-3-5-14-19(4-2)25-21(18-12-8-6-9-13-18)17-20(23-25)22(26)24-15-10-7-11-16-24;1-2/h3-6,8-9,12-14,17H,1,7,10-11,15-16H2,2H3;2H,1H3/b14-5-,19-4+;. The summed E-state index contributed by atoms with van der Waals surface area (Å²) in [4.78, 5) is 14.8. The monoisotopic (exact) mass is 379 g/mol. The fourth-order valence-electron chi connectivity index (χ4n) is 3.21. The Hall–Kier alpha value is -2.92. The van der Waals surface area contributed by atoms with Crippen molar-refractivity contribution in [1.29, 1.82) is 0 Å². The number of rotatable bonds is 5. The van der Waals surface area contributed by atoms with Gasteiger partial charge in [-0.3, -0.25) is 4.79 Å². The minimum atomic E-state index is 0.0174. The topological polar surface area (TPSA) is 58.4 Å². The first kappa shape index (κ1) is 21.4. The molecular formula is C23H29N3O2. The Kier molecular flexibility index (Phi) is 8.43. The molecule has 0 aliphatic carbocycles. The molecule has 1 fully saturated rings. The van der Waals surface area contributed by atoms with E-state index in [1.54, 1.807) is 6.08 Å². The maximum Gasteiger partial charge on any atom is 0.274 e. The lowest BCUT2D eigenvalue weighted by atomic mass is 10.1. The Balaban J connectivity index is 0.00000136. The van der Waals surface area contributed by atoms with Crippen LogP contribution in [0.4, 0.5) is 0 Å². The van der Waals surface area contributed by atoms with Crippen molar-refractivity contribution < 1.29 is 9.90 Å². The minimum Gasteiger partial charge on any atom is -0.400 e. The van der Waals surface area contributed by atoms with Crippen molar-refractivity contribution >= 4 is 11.6 Å². The highest BCUT2D eigenvalue weighted by Gasteiger charge is 2.23. The number of likely N-dealkylation sites (tertiary alicyclic amines) is 1. The smallest absolute Gasteiger partial charge is 0.274 e. The van der Waals surface area contributed by atoms with Crippen LogP contribution in [-0.2, 0) is 0 Å². The molecule has 0 saturated carbocycles. The van der Waals surface area contributed by atoms with Gasteiger partial charge in [-0.05, 0) is 38.3 Å². The van der Waals surface area contributed by atoms with E-state index in [9.17, 15) is 4.79 Å². The van der Waals surface area contributed by atoms with Crippen LogP contribution in [0.2, 0.25) is 0 Å². The molecule has 1 saturated heterocycles. The van der Waals surface area contributed by atoms with Crippen LogP contribution in [-0.4, -0.2) is 45.9 Å². The Morgan fingerprint density at radius 3 is 2.43 bits per heavy atom. The van der Waals surface area contributed by atoms with Crippen molar-refractivity contribution in [2.24, 2.45) is 0 Å². The van der Waals surface area contributed by atoms with Crippen LogP contribution in [0, 0.1) is 0 Å². The molecule has 0 unspecified atom stereocenters. The maximum absolute atomic E-state index is 12.9. The van der Waals surface area contributed by atoms with Crippen molar-refractivity contribution in [2.45, 2.75) is 26.2 Å². The van der Waals surface area contributed by atoms with Gasteiger partial charge >= 0.3 is 0 Å². The number of aliphatic hydroxyl groups excluding tert-OH is 1. The molecule has 1 aromatic carbocycles. The predicted octanol–water partition coefficient (Wildman–Crippen LogP) is 4.39. The van der Waals surface area contributed by atoms with E-state index in [2.05, 4.69) is 11.7 Å². The Morgan fingerprint density at radius 1 is 1.14 bits per heavy atom. The van der Waals surface area contributed by atoms with Gasteiger partial charge in [0.15, 0.2) is 5.69 Å². The van der Waals surface area contributed by atoms with E-state index < -0.39 is 0 Å². The first-order valence-electron chi connectivity index (χ1n) is 9.60. The van der Waals surface area contributed by atoms with E-state index in [4.69, 9.17) is 5.11 Å². The fraction of sp³-hybridized carbons (Fsp3) is 0.304. The van der Waals surface area contributed by atoms with Gasteiger partial charge in [-0.15, -0.1) is 0 Å². The summed E-state index contributed by atoms with van der Waals surface area (Å²) in [5.41, 5.74) is 3.34. The lowest BCUT2D eigenvalue weighted by molar-refractivity contribution is 0.0718.